The second-order valence-corrected chi connectivity index (χ2v) is 5.96. The molecule has 4 aromatic rings. The third kappa shape index (κ3) is 3.04. The van der Waals surface area contributed by atoms with Crippen LogP contribution in [0.15, 0.2) is 66.7 Å². The molecule has 0 aliphatic heterocycles. The monoisotopic (exact) mass is 326 g/mol. The summed E-state index contributed by atoms with van der Waals surface area (Å²) in [6.07, 6.45) is 4.08. The van der Waals surface area contributed by atoms with Crippen LogP contribution in [0, 0.1) is 0 Å². The maximum absolute atomic E-state index is 6.10. The van der Waals surface area contributed by atoms with Gasteiger partial charge in [0.15, 0.2) is 0 Å². The van der Waals surface area contributed by atoms with Crippen LogP contribution < -0.4 is 10.5 Å². The zero-order chi connectivity index (χ0) is 17.2. The predicted molar refractivity (Wildman–Crippen MR) is 106 cm³/mol. The number of nitrogens with two attached hydrogens (primary N) is 1. The third-order valence-electron chi connectivity index (χ3n) is 4.27. The van der Waals surface area contributed by atoms with E-state index in [0.29, 0.717) is 5.69 Å². The second kappa shape index (κ2) is 6.29. The number of fused-ring (bicyclic) bond motifs is 2. The van der Waals surface area contributed by atoms with Gasteiger partial charge in [-0.2, -0.15) is 0 Å². The van der Waals surface area contributed by atoms with Crippen molar-refractivity contribution in [1.29, 1.82) is 0 Å². The number of aromatic nitrogens is 1. The molecule has 0 spiro atoms. The highest BCUT2D eigenvalue weighted by Crippen LogP contribution is 2.26. The van der Waals surface area contributed by atoms with Crippen LogP contribution in [0.25, 0.3) is 33.8 Å². The van der Waals surface area contributed by atoms with Crippen molar-refractivity contribution in [3.8, 4) is 5.75 Å². The number of nitrogens with zero attached hydrogens (tertiary/aromatic N) is 1. The smallest absolute Gasteiger partial charge is 0.121 e. The van der Waals surface area contributed by atoms with Crippen LogP contribution in [0.5, 0.6) is 5.75 Å². The number of benzene rings is 3. The highest BCUT2D eigenvalue weighted by molar-refractivity contribution is 5.92. The maximum Gasteiger partial charge on any atom is 0.121 e. The molecule has 0 amide bonds. The average Bonchev–Trinajstić information content (AvgIpc) is 2.66. The average molecular weight is 326 g/mol. The van der Waals surface area contributed by atoms with Crippen molar-refractivity contribution in [2.45, 2.75) is 0 Å². The Morgan fingerprint density at radius 1 is 0.840 bits per heavy atom. The summed E-state index contributed by atoms with van der Waals surface area (Å²) in [4.78, 5) is 4.66. The van der Waals surface area contributed by atoms with Gasteiger partial charge < -0.3 is 10.5 Å². The largest absolute Gasteiger partial charge is 0.497 e. The zero-order valence-corrected chi connectivity index (χ0v) is 13.9. The Balaban J connectivity index is 1.69. The van der Waals surface area contributed by atoms with Gasteiger partial charge in [-0.3, -0.25) is 0 Å². The van der Waals surface area contributed by atoms with E-state index in [1.54, 1.807) is 13.2 Å². The molecule has 0 unspecified atom stereocenters. The van der Waals surface area contributed by atoms with Crippen LogP contribution >= 0.6 is 0 Å². The topological polar surface area (TPSA) is 48.1 Å². The van der Waals surface area contributed by atoms with Crippen molar-refractivity contribution in [3.63, 3.8) is 0 Å². The van der Waals surface area contributed by atoms with E-state index in [1.807, 2.05) is 24.3 Å². The second-order valence-electron chi connectivity index (χ2n) is 5.96. The lowest BCUT2D eigenvalue weighted by Gasteiger charge is -2.06. The van der Waals surface area contributed by atoms with E-state index in [9.17, 15) is 0 Å². The SMILES string of the molecule is COc1cc(N)c2nc(/C=C/c3ccc4ccccc4c3)ccc2c1. The fourth-order valence-electron chi connectivity index (χ4n) is 2.95. The van der Waals surface area contributed by atoms with E-state index in [2.05, 4.69) is 53.5 Å². The van der Waals surface area contributed by atoms with E-state index in [-0.39, 0.29) is 0 Å². The zero-order valence-electron chi connectivity index (χ0n) is 13.9. The quantitative estimate of drug-likeness (QED) is 0.530. The summed E-state index contributed by atoms with van der Waals surface area (Å²) in [6.45, 7) is 0. The van der Waals surface area contributed by atoms with E-state index in [0.717, 1.165) is 27.9 Å². The lowest BCUT2D eigenvalue weighted by Crippen LogP contribution is -1.93. The van der Waals surface area contributed by atoms with Gasteiger partial charge in [-0.15, -0.1) is 0 Å². The highest BCUT2D eigenvalue weighted by Gasteiger charge is 2.04. The molecule has 0 aliphatic carbocycles. The van der Waals surface area contributed by atoms with Gasteiger partial charge in [0.2, 0.25) is 0 Å². The Labute approximate surface area is 146 Å². The van der Waals surface area contributed by atoms with E-state index >= 15 is 0 Å². The van der Waals surface area contributed by atoms with Crippen LogP contribution in [0.3, 0.4) is 0 Å². The molecule has 0 atom stereocenters. The summed E-state index contributed by atoms with van der Waals surface area (Å²) >= 11 is 0. The van der Waals surface area contributed by atoms with Gasteiger partial charge in [0, 0.05) is 11.5 Å². The Kier molecular flexibility index (Phi) is 3.82. The van der Waals surface area contributed by atoms with Gasteiger partial charge in [-0.1, -0.05) is 48.5 Å². The highest BCUT2D eigenvalue weighted by atomic mass is 16.5. The molecule has 4 rings (SSSR count). The fraction of sp³-hybridized carbons (Fsp3) is 0.0455. The number of nitrogen functional groups attached to an aromatic ring is 1. The standard InChI is InChI=1S/C22H18N2O/c1-25-20-13-18-9-11-19(24-22(18)21(23)14-20)10-7-15-6-8-16-4-2-3-5-17(16)12-15/h2-14H,23H2,1H3/b10-7+. The molecule has 0 saturated heterocycles. The van der Waals surface area contributed by atoms with Gasteiger partial charge in [0.1, 0.15) is 5.75 Å². The summed E-state index contributed by atoms with van der Waals surface area (Å²) < 4.78 is 5.25. The van der Waals surface area contributed by atoms with Gasteiger partial charge in [0.25, 0.3) is 0 Å². The van der Waals surface area contributed by atoms with Crippen molar-refractivity contribution in [2.24, 2.45) is 0 Å². The molecule has 3 aromatic carbocycles. The first kappa shape index (κ1) is 15.2. The van der Waals surface area contributed by atoms with Crippen molar-refractivity contribution >= 4 is 39.5 Å². The van der Waals surface area contributed by atoms with E-state index in [4.69, 9.17) is 10.5 Å². The normalized spacial score (nSPS) is 11.4. The molecule has 25 heavy (non-hydrogen) atoms. The number of rotatable bonds is 3. The van der Waals surface area contributed by atoms with Crippen LogP contribution in [0.2, 0.25) is 0 Å². The Morgan fingerprint density at radius 3 is 2.48 bits per heavy atom. The Hall–Kier alpha value is -3.33. The summed E-state index contributed by atoms with van der Waals surface area (Å²) in [6, 6.07) is 22.5. The van der Waals surface area contributed by atoms with Crippen LogP contribution in [0.4, 0.5) is 5.69 Å². The Bertz CT molecular complexity index is 1100. The van der Waals surface area contributed by atoms with Crippen LogP contribution in [-0.2, 0) is 0 Å². The van der Waals surface area contributed by atoms with Crippen molar-refractivity contribution in [2.75, 3.05) is 12.8 Å². The van der Waals surface area contributed by atoms with Crippen molar-refractivity contribution in [3.05, 3.63) is 78.0 Å². The molecule has 1 heterocycles. The lowest BCUT2D eigenvalue weighted by molar-refractivity contribution is 0.415. The molecule has 3 nitrogen and oxygen atoms in total. The summed E-state index contributed by atoms with van der Waals surface area (Å²) in [5, 5.41) is 3.44. The number of methoxy groups -OCH3 is 1. The van der Waals surface area contributed by atoms with Gasteiger partial charge >= 0.3 is 0 Å². The van der Waals surface area contributed by atoms with Gasteiger partial charge in [0.05, 0.1) is 24.0 Å². The minimum absolute atomic E-state index is 0.621. The molecule has 0 radical (unpaired) electrons. The molecule has 122 valence electrons. The van der Waals surface area contributed by atoms with E-state index in [1.165, 1.54) is 10.8 Å². The molecule has 0 saturated carbocycles. The molecule has 0 aliphatic rings. The fourth-order valence-corrected chi connectivity index (χ4v) is 2.95. The Morgan fingerprint density at radius 2 is 1.64 bits per heavy atom. The molecular formula is C22H18N2O. The van der Waals surface area contributed by atoms with Crippen LogP contribution in [-0.4, -0.2) is 12.1 Å². The first-order valence-corrected chi connectivity index (χ1v) is 8.14. The molecule has 1 aromatic heterocycles. The number of pyridine rings is 1. The number of hydrogen-bond donors (Lipinski definition) is 1. The number of ether oxygens (including phenoxy) is 1. The molecule has 2 N–H and O–H groups in total. The van der Waals surface area contributed by atoms with Gasteiger partial charge in [-0.05, 0) is 40.6 Å². The lowest BCUT2D eigenvalue weighted by atomic mass is 10.1. The molecule has 3 heteroatoms. The third-order valence-corrected chi connectivity index (χ3v) is 4.27. The minimum atomic E-state index is 0.621. The summed E-state index contributed by atoms with van der Waals surface area (Å²) in [5.41, 5.74) is 9.53. The maximum atomic E-state index is 6.10. The van der Waals surface area contributed by atoms with Crippen LogP contribution in [0.1, 0.15) is 11.3 Å². The summed E-state index contributed by atoms with van der Waals surface area (Å²) in [7, 11) is 1.63. The number of hydrogen-bond acceptors (Lipinski definition) is 3. The number of anilines is 1. The predicted octanol–water partition coefficient (Wildman–Crippen LogP) is 5.15. The van der Waals surface area contributed by atoms with Crippen molar-refractivity contribution in [1.82, 2.24) is 4.98 Å². The molecule has 0 bridgehead atoms. The first-order valence-electron chi connectivity index (χ1n) is 8.14. The molecular weight excluding hydrogens is 308 g/mol. The first-order chi connectivity index (χ1) is 12.2. The molecule has 0 fully saturated rings. The van der Waals surface area contributed by atoms with Crippen molar-refractivity contribution < 1.29 is 4.74 Å². The minimum Gasteiger partial charge on any atom is -0.497 e. The van der Waals surface area contributed by atoms with Gasteiger partial charge in [-0.25, -0.2) is 4.98 Å². The van der Waals surface area contributed by atoms with E-state index < -0.39 is 0 Å². The summed E-state index contributed by atoms with van der Waals surface area (Å²) in [5.74, 6) is 0.742.